The highest BCUT2D eigenvalue weighted by Gasteiger charge is 2.31. The predicted molar refractivity (Wildman–Crippen MR) is 107 cm³/mol. The molecule has 0 saturated carbocycles. The van der Waals surface area contributed by atoms with Crippen molar-refractivity contribution in [3.63, 3.8) is 0 Å². The molecule has 0 aliphatic carbocycles. The van der Waals surface area contributed by atoms with Crippen molar-refractivity contribution < 1.29 is 9.18 Å². The van der Waals surface area contributed by atoms with E-state index in [9.17, 15) is 9.18 Å². The molecule has 0 radical (unpaired) electrons. The largest absolute Gasteiger partial charge is 0.348 e. The van der Waals surface area contributed by atoms with E-state index in [1.54, 1.807) is 17.0 Å². The zero-order valence-electron chi connectivity index (χ0n) is 14.6. The SMILES string of the molecule is O=C(Nc1ccc(Br)cc1F)N1CCn2cccc2C1Cc1ccccc1. The lowest BCUT2D eigenvalue weighted by Gasteiger charge is -2.37. The maximum atomic E-state index is 14.1. The molecule has 0 saturated heterocycles. The summed E-state index contributed by atoms with van der Waals surface area (Å²) in [5.74, 6) is -0.460. The third-order valence-corrected chi connectivity index (χ3v) is 5.36. The quantitative estimate of drug-likeness (QED) is 0.610. The molecule has 1 aliphatic rings. The van der Waals surface area contributed by atoms with Gasteiger partial charge in [-0.15, -0.1) is 0 Å². The topological polar surface area (TPSA) is 37.3 Å². The van der Waals surface area contributed by atoms with Crippen molar-refractivity contribution in [2.24, 2.45) is 0 Å². The molecule has 2 amide bonds. The summed E-state index contributed by atoms with van der Waals surface area (Å²) in [7, 11) is 0. The van der Waals surface area contributed by atoms with Gasteiger partial charge in [0.25, 0.3) is 0 Å². The predicted octanol–water partition coefficient (Wildman–Crippen LogP) is 5.22. The van der Waals surface area contributed by atoms with Crippen LogP contribution in [0.5, 0.6) is 0 Å². The van der Waals surface area contributed by atoms with Crippen molar-refractivity contribution in [3.8, 4) is 0 Å². The van der Waals surface area contributed by atoms with E-state index in [1.165, 1.54) is 6.07 Å². The Hall–Kier alpha value is -2.60. The average Bonchev–Trinajstić information content (AvgIpc) is 3.14. The summed E-state index contributed by atoms with van der Waals surface area (Å²) >= 11 is 3.23. The van der Waals surface area contributed by atoms with Gasteiger partial charge in [-0.3, -0.25) is 0 Å². The van der Waals surface area contributed by atoms with Gasteiger partial charge in [-0.05, 0) is 42.3 Å². The molecule has 0 spiro atoms. The van der Waals surface area contributed by atoms with Gasteiger partial charge >= 0.3 is 6.03 Å². The van der Waals surface area contributed by atoms with E-state index in [2.05, 4.69) is 37.9 Å². The van der Waals surface area contributed by atoms with Gasteiger partial charge in [0.1, 0.15) is 5.82 Å². The van der Waals surface area contributed by atoms with Gasteiger partial charge in [0, 0.05) is 29.5 Å². The number of fused-ring (bicyclic) bond motifs is 1. The van der Waals surface area contributed by atoms with Crippen molar-refractivity contribution in [2.45, 2.75) is 19.0 Å². The maximum Gasteiger partial charge on any atom is 0.322 e. The second-order valence-corrected chi connectivity index (χ2v) is 7.50. The van der Waals surface area contributed by atoms with E-state index in [0.29, 0.717) is 17.4 Å². The van der Waals surface area contributed by atoms with E-state index in [-0.39, 0.29) is 17.8 Å². The average molecular weight is 428 g/mol. The lowest BCUT2D eigenvalue weighted by Crippen LogP contribution is -2.45. The van der Waals surface area contributed by atoms with Crippen LogP contribution >= 0.6 is 15.9 Å². The molecule has 138 valence electrons. The van der Waals surface area contributed by atoms with Crippen LogP contribution in [-0.2, 0) is 13.0 Å². The molecule has 3 aromatic rings. The lowest BCUT2D eigenvalue weighted by atomic mass is 10.0. The van der Waals surface area contributed by atoms with Crippen LogP contribution in [-0.4, -0.2) is 22.0 Å². The summed E-state index contributed by atoms with van der Waals surface area (Å²) in [4.78, 5) is 14.8. The van der Waals surface area contributed by atoms with Crippen LogP contribution in [0.1, 0.15) is 17.3 Å². The van der Waals surface area contributed by atoms with Gasteiger partial charge in [-0.1, -0.05) is 46.3 Å². The first-order valence-electron chi connectivity index (χ1n) is 8.83. The number of urea groups is 1. The minimum atomic E-state index is -0.460. The number of carbonyl (C=O) groups is 1. The van der Waals surface area contributed by atoms with Crippen LogP contribution in [0.2, 0.25) is 0 Å². The monoisotopic (exact) mass is 427 g/mol. The van der Waals surface area contributed by atoms with Crippen molar-refractivity contribution >= 4 is 27.6 Å². The summed E-state index contributed by atoms with van der Waals surface area (Å²) < 4.78 is 17.0. The molecule has 27 heavy (non-hydrogen) atoms. The third-order valence-electron chi connectivity index (χ3n) is 4.87. The number of rotatable bonds is 3. The highest BCUT2D eigenvalue weighted by atomic mass is 79.9. The molecule has 4 rings (SSSR count). The zero-order valence-corrected chi connectivity index (χ0v) is 16.2. The number of hydrogen-bond acceptors (Lipinski definition) is 1. The minimum absolute atomic E-state index is 0.102. The van der Waals surface area contributed by atoms with E-state index < -0.39 is 5.82 Å². The Bertz CT molecular complexity index is 957. The van der Waals surface area contributed by atoms with Crippen LogP contribution in [0.15, 0.2) is 71.3 Å². The minimum Gasteiger partial charge on any atom is -0.348 e. The van der Waals surface area contributed by atoms with Gasteiger partial charge in [0.15, 0.2) is 0 Å². The standard InChI is InChI=1S/C21H19BrFN3O/c22-16-8-9-18(17(23)14-16)24-21(27)26-12-11-25-10-4-7-19(25)20(26)13-15-5-2-1-3-6-15/h1-10,14,20H,11-13H2,(H,24,27). The number of nitrogens with zero attached hydrogens (tertiary/aromatic N) is 2. The van der Waals surface area contributed by atoms with Crippen molar-refractivity contribution in [3.05, 3.63) is 88.4 Å². The fourth-order valence-corrected chi connectivity index (χ4v) is 3.87. The summed E-state index contributed by atoms with van der Waals surface area (Å²) in [6.45, 7) is 1.30. The normalized spacial score (nSPS) is 16.1. The van der Waals surface area contributed by atoms with E-state index in [0.717, 1.165) is 17.8 Å². The smallest absolute Gasteiger partial charge is 0.322 e. The molecule has 2 heterocycles. The van der Waals surface area contributed by atoms with Gasteiger partial charge in [0.2, 0.25) is 0 Å². The van der Waals surface area contributed by atoms with E-state index in [4.69, 9.17) is 0 Å². The van der Waals surface area contributed by atoms with Crippen LogP contribution in [0.25, 0.3) is 0 Å². The van der Waals surface area contributed by atoms with Crippen LogP contribution in [0, 0.1) is 5.82 Å². The Kier molecular flexibility index (Phi) is 4.99. The van der Waals surface area contributed by atoms with Crippen LogP contribution in [0.4, 0.5) is 14.9 Å². The first-order chi connectivity index (χ1) is 13.1. The summed E-state index contributed by atoms with van der Waals surface area (Å²) in [5, 5.41) is 2.73. The Morgan fingerprint density at radius 1 is 1.11 bits per heavy atom. The molecule has 0 fully saturated rings. The van der Waals surface area contributed by atoms with E-state index >= 15 is 0 Å². The Balaban J connectivity index is 1.60. The van der Waals surface area contributed by atoms with E-state index in [1.807, 2.05) is 36.5 Å². The number of benzene rings is 2. The molecule has 2 aromatic carbocycles. The second kappa shape index (κ2) is 7.56. The number of anilines is 1. The van der Waals surface area contributed by atoms with Crippen molar-refractivity contribution in [1.29, 1.82) is 0 Å². The summed E-state index contributed by atoms with van der Waals surface area (Å²) in [6, 6.07) is 18.4. The first-order valence-corrected chi connectivity index (χ1v) is 9.63. The fourth-order valence-electron chi connectivity index (χ4n) is 3.54. The fraction of sp³-hybridized carbons (Fsp3) is 0.190. The summed E-state index contributed by atoms with van der Waals surface area (Å²) in [6.07, 6.45) is 2.75. The Labute approximate surface area is 165 Å². The van der Waals surface area contributed by atoms with Crippen molar-refractivity contribution in [1.82, 2.24) is 9.47 Å². The van der Waals surface area contributed by atoms with Crippen LogP contribution in [0.3, 0.4) is 0 Å². The number of nitrogens with one attached hydrogen (secondary N) is 1. The molecule has 6 heteroatoms. The molecule has 1 aliphatic heterocycles. The van der Waals surface area contributed by atoms with Gasteiger partial charge < -0.3 is 14.8 Å². The molecular weight excluding hydrogens is 409 g/mol. The highest BCUT2D eigenvalue weighted by molar-refractivity contribution is 9.10. The Morgan fingerprint density at radius 2 is 1.93 bits per heavy atom. The zero-order chi connectivity index (χ0) is 18.8. The third kappa shape index (κ3) is 3.76. The molecule has 1 atom stereocenters. The number of carbonyl (C=O) groups excluding carboxylic acids is 1. The van der Waals surface area contributed by atoms with Gasteiger partial charge in [0.05, 0.1) is 11.7 Å². The molecule has 1 unspecified atom stereocenters. The van der Waals surface area contributed by atoms with Crippen LogP contribution < -0.4 is 5.32 Å². The van der Waals surface area contributed by atoms with Gasteiger partial charge in [-0.2, -0.15) is 0 Å². The molecule has 4 nitrogen and oxygen atoms in total. The second-order valence-electron chi connectivity index (χ2n) is 6.58. The summed E-state index contributed by atoms with van der Waals surface area (Å²) in [5.41, 5.74) is 2.43. The molecule has 0 bridgehead atoms. The highest BCUT2D eigenvalue weighted by Crippen LogP contribution is 2.30. The van der Waals surface area contributed by atoms with Crippen molar-refractivity contribution in [2.75, 3.05) is 11.9 Å². The number of amides is 2. The molecular formula is C21H19BrFN3O. The Morgan fingerprint density at radius 3 is 2.70 bits per heavy atom. The molecule has 1 N–H and O–H groups in total. The number of hydrogen-bond donors (Lipinski definition) is 1. The number of aromatic nitrogens is 1. The lowest BCUT2D eigenvalue weighted by molar-refractivity contribution is 0.167. The maximum absolute atomic E-state index is 14.1. The molecule has 1 aromatic heterocycles. The number of halogens is 2. The van der Waals surface area contributed by atoms with Gasteiger partial charge in [-0.25, -0.2) is 9.18 Å². The first kappa shape index (κ1) is 17.8.